The summed E-state index contributed by atoms with van der Waals surface area (Å²) in [6, 6.07) is 10.2. The minimum atomic E-state index is 0. The van der Waals surface area contributed by atoms with Gasteiger partial charge in [-0.05, 0) is 18.9 Å². The molecule has 1 aromatic carbocycles. The van der Waals surface area contributed by atoms with E-state index in [1.165, 1.54) is 5.56 Å². The van der Waals surface area contributed by atoms with Crippen LogP contribution < -0.4 is 0 Å². The molecular weight excluding hydrogens is 120 g/mol. The Balaban J connectivity index is 0.000000640. The summed E-state index contributed by atoms with van der Waals surface area (Å²) in [4.78, 5) is 0. The van der Waals surface area contributed by atoms with Crippen LogP contribution in [0, 0.1) is 6.92 Å². The lowest BCUT2D eigenvalue weighted by Crippen LogP contribution is -1.74. The topological polar surface area (TPSA) is 0 Å². The van der Waals surface area contributed by atoms with Gasteiger partial charge in [0.2, 0.25) is 0 Å². The summed E-state index contributed by atoms with van der Waals surface area (Å²) < 4.78 is 0. The van der Waals surface area contributed by atoms with Crippen LogP contribution in [-0.4, -0.2) is 23.1 Å². The molecule has 0 spiro atoms. The number of benzene rings is 1. The van der Waals surface area contributed by atoms with Gasteiger partial charge in [-0.2, -0.15) is 0 Å². The highest BCUT2D eigenvalue weighted by Gasteiger charge is 1.80. The zero-order valence-electron chi connectivity index (χ0n) is 4.80. The predicted molar refractivity (Wildman–Crippen MR) is 44.0 cm³/mol. The molecule has 1 aromatic rings. The van der Waals surface area contributed by atoms with Crippen molar-refractivity contribution in [2.75, 3.05) is 0 Å². The summed E-state index contributed by atoms with van der Waals surface area (Å²) in [5, 5.41) is 0. The number of hydrogen-bond donors (Lipinski definition) is 0. The Morgan fingerprint density at radius 2 is 1.67 bits per heavy atom. The largest absolute Gasteiger partial charge is 0.316 e. The van der Waals surface area contributed by atoms with Crippen LogP contribution in [0.1, 0.15) is 5.56 Å². The molecule has 0 saturated carbocycles. The smallest absolute Gasteiger partial charge is 0.0622 e. The lowest BCUT2D eigenvalue weighted by Gasteiger charge is -1.89. The maximum atomic E-state index is 3.76. The molecule has 0 aromatic heterocycles. The highest BCUT2D eigenvalue weighted by Crippen LogP contribution is 1.96. The zero-order valence-corrected chi connectivity index (χ0v) is 4.80. The zero-order chi connectivity index (χ0) is 5.82. The fraction of sp³-hybridized carbons (Fsp3) is 0.125. The Bertz CT molecular complexity index is 146. The van der Waals surface area contributed by atoms with E-state index in [1.54, 1.807) is 0 Å². The SMILES string of the molecule is [CH2]Cc1ccccc1.[MgH2]. The van der Waals surface area contributed by atoms with Gasteiger partial charge in [0.05, 0.1) is 0 Å². The molecule has 0 aliphatic rings. The van der Waals surface area contributed by atoms with Crippen LogP contribution in [-0.2, 0) is 6.42 Å². The molecule has 0 aliphatic carbocycles. The van der Waals surface area contributed by atoms with Crippen molar-refractivity contribution < 1.29 is 0 Å². The first-order valence-corrected chi connectivity index (χ1v) is 2.76. The summed E-state index contributed by atoms with van der Waals surface area (Å²) >= 11 is 0. The lowest BCUT2D eigenvalue weighted by molar-refractivity contribution is 1.27. The van der Waals surface area contributed by atoms with E-state index < -0.39 is 0 Å². The normalized spacial score (nSPS) is 8.11. The molecule has 0 bridgehead atoms. The van der Waals surface area contributed by atoms with E-state index in [-0.39, 0.29) is 23.1 Å². The third-order valence-corrected chi connectivity index (χ3v) is 1.13. The molecule has 0 fully saturated rings. The van der Waals surface area contributed by atoms with Crippen LogP contribution in [0.3, 0.4) is 0 Å². The van der Waals surface area contributed by atoms with E-state index in [1.807, 2.05) is 18.2 Å². The molecule has 1 radical (unpaired) electrons. The molecule has 0 unspecified atom stereocenters. The van der Waals surface area contributed by atoms with Gasteiger partial charge in [0.1, 0.15) is 0 Å². The summed E-state index contributed by atoms with van der Waals surface area (Å²) in [7, 11) is 0. The van der Waals surface area contributed by atoms with Crippen molar-refractivity contribution in [3.05, 3.63) is 42.8 Å². The van der Waals surface area contributed by atoms with Gasteiger partial charge in [0, 0.05) is 0 Å². The van der Waals surface area contributed by atoms with Gasteiger partial charge in [-0.15, -0.1) is 0 Å². The minimum absolute atomic E-state index is 0. The van der Waals surface area contributed by atoms with Crippen molar-refractivity contribution >= 4 is 23.1 Å². The van der Waals surface area contributed by atoms with E-state index in [9.17, 15) is 0 Å². The van der Waals surface area contributed by atoms with E-state index in [0.29, 0.717) is 0 Å². The highest BCUT2D eigenvalue weighted by atomic mass is 24.3. The molecule has 1 rings (SSSR count). The van der Waals surface area contributed by atoms with Crippen molar-refractivity contribution in [3.63, 3.8) is 0 Å². The summed E-state index contributed by atoms with van der Waals surface area (Å²) in [6.07, 6.45) is 0.890. The van der Waals surface area contributed by atoms with Crippen LogP contribution in [0.2, 0.25) is 0 Å². The quantitative estimate of drug-likeness (QED) is 0.502. The van der Waals surface area contributed by atoms with Gasteiger partial charge in [0.25, 0.3) is 0 Å². The average Bonchev–Trinajstić information content (AvgIpc) is 1.90. The molecule has 0 N–H and O–H groups in total. The summed E-state index contributed by atoms with van der Waals surface area (Å²) in [6.45, 7) is 3.76. The van der Waals surface area contributed by atoms with Gasteiger partial charge in [0.15, 0.2) is 0 Å². The second kappa shape index (κ2) is 4.83. The molecule has 0 nitrogen and oxygen atoms in total. The average molecular weight is 131 g/mol. The first kappa shape index (κ1) is 8.99. The fourth-order valence-electron chi connectivity index (χ4n) is 0.645. The Morgan fingerprint density at radius 3 is 2.00 bits per heavy atom. The molecule has 0 heterocycles. The molecule has 9 heavy (non-hydrogen) atoms. The first-order chi connectivity index (χ1) is 3.93. The number of rotatable bonds is 1. The van der Waals surface area contributed by atoms with Crippen molar-refractivity contribution in [2.45, 2.75) is 6.42 Å². The van der Waals surface area contributed by atoms with Crippen LogP contribution in [0.5, 0.6) is 0 Å². The molecule has 45 valence electrons. The molecule has 0 saturated heterocycles. The van der Waals surface area contributed by atoms with E-state index in [0.717, 1.165) is 6.42 Å². The molecule has 0 aliphatic heterocycles. The van der Waals surface area contributed by atoms with Crippen molar-refractivity contribution in [1.82, 2.24) is 0 Å². The van der Waals surface area contributed by atoms with Crippen molar-refractivity contribution in [2.24, 2.45) is 0 Å². The maximum Gasteiger partial charge on any atom is 0.316 e. The third-order valence-electron chi connectivity index (χ3n) is 1.13. The second-order valence-corrected chi connectivity index (χ2v) is 1.74. The van der Waals surface area contributed by atoms with Crippen molar-refractivity contribution in [3.8, 4) is 0 Å². The van der Waals surface area contributed by atoms with Crippen LogP contribution in [0.15, 0.2) is 30.3 Å². The molecule has 0 atom stereocenters. The van der Waals surface area contributed by atoms with E-state index >= 15 is 0 Å². The Morgan fingerprint density at radius 1 is 1.11 bits per heavy atom. The van der Waals surface area contributed by atoms with Gasteiger partial charge >= 0.3 is 23.1 Å². The molecule has 0 amide bonds. The summed E-state index contributed by atoms with van der Waals surface area (Å²) in [5.74, 6) is 0. The molecular formula is C8H11Mg. The van der Waals surface area contributed by atoms with Crippen molar-refractivity contribution in [1.29, 1.82) is 0 Å². The van der Waals surface area contributed by atoms with E-state index in [2.05, 4.69) is 19.1 Å². The Hall–Kier alpha value is -0.0138. The van der Waals surface area contributed by atoms with E-state index in [4.69, 9.17) is 0 Å². The lowest BCUT2D eigenvalue weighted by atomic mass is 10.2. The van der Waals surface area contributed by atoms with Gasteiger partial charge in [-0.3, -0.25) is 0 Å². The maximum absolute atomic E-state index is 3.76. The monoisotopic (exact) mass is 131 g/mol. The highest BCUT2D eigenvalue weighted by molar-refractivity contribution is 5.75. The first-order valence-electron chi connectivity index (χ1n) is 2.76. The predicted octanol–water partition coefficient (Wildman–Crippen LogP) is 1.15. The van der Waals surface area contributed by atoms with Crippen LogP contribution in [0.4, 0.5) is 0 Å². The fourth-order valence-corrected chi connectivity index (χ4v) is 0.645. The Kier molecular flexibility index (Phi) is 4.82. The van der Waals surface area contributed by atoms with Crippen LogP contribution in [0.25, 0.3) is 0 Å². The van der Waals surface area contributed by atoms with Gasteiger partial charge in [-0.1, -0.05) is 30.3 Å². The third kappa shape index (κ3) is 2.87. The van der Waals surface area contributed by atoms with Gasteiger partial charge in [-0.25, -0.2) is 0 Å². The second-order valence-electron chi connectivity index (χ2n) is 1.74. The Labute approximate surface area is 72.4 Å². The standard InChI is InChI=1S/C8H9.Mg.2H/c1-2-8-6-4-3-5-7-8;;;/h3-7H,1-2H2;;;. The minimum Gasteiger partial charge on any atom is -0.0622 e. The number of hydrogen-bond acceptors (Lipinski definition) is 0. The molecule has 1 heteroatoms. The van der Waals surface area contributed by atoms with Gasteiger partial charge < -0.3 is 0 Å². The van der Waals surface area contributed by atoms with Crippen LogP contribution >= 0.6 is 0 Å². The summed E-state index contributed by atoms with van der Waals surface area (Å²) in [5.41, 5.74) is 1.30.